The van der Waals surface area contributed by atoms with Gasteiger partial charge in [-0.05, 0) is 65.9 Å². The van der Waals surface area contributed by atoms with Crippen molar-refractivity contribution in [1.82, 2.24) is 4.98 Å². The molecular formula is C27H20ClNO2. The first-order chi connectivity index (χ1) is 15.2. The van der Waals surface area contributed by atoms with Gasteiger partial charge in [0.2, 0.25) is 0 Å². The van der Waals surface area contributed by atoms with E-state index in [2.05, 4.69) is 11.1 Å². The predicted octanol–water partition coefficient (Wildman–Crippen LogP) is 6.90. The fraction of sp³-hybridized carbons (Fsp3) is 0.111. The highest BCUT2D eigenvalue weighted by atomic mass is 35.5. The van der Waals surface area contributed by atoms with Gasteiger partial charge in [-0.3, -0.25) is 0 Å². The van der Waals surface area contributed by atoms with Crippen LogP contribution in [0, 0.1) is 0 Å². The van der Waals surface area contributed by atoms with Crippen LogP contribution in [0.3, 0.4) is 0 Å². The van der Waals surface area contributed by atoms with Crippen molar-refractivity contribution < 1.29 is 9.53 Å². The number of carbonyl (C=O) groups is 1. The molecule has 0 saturated carbocycles. The van der Waals surface area contributed by atoms with Crippen molar-refractivity contribution in [2.24, 2.45) is 0 Å². The fourth-order valence-corrected chi connectivity index (χ4v) is 4.12. The second-order valence-corrected chi connectivity index (χ2v) is 8.10. The summed E-state index contributed by atoms with van der Waals surface area (Å²) in [6.07, 6.45) is 5.33. The monoisotopic (exact) mass is 425 g/mol. The Kier molecular flexibility index (Phi) is 5.27. The molecule has 31 heavy (non-hydrogen) atoms. The first-order valence-corrected chi connectivity index (χ1v) is 10.7. The summed E-state index contributed by atoms with van der Waals surface area (Å²) in [5.74, 6) is -0.252. The number of aryl methyl sites for hydroxylation is 1. The number of benzene rings is 3. The molecule has 3 aromatic carbocycles. The number of pyridine rings is 1. The summed E-state index contributed by atoms with van der Waals surface area (Å²) < 4.78 is 5.81. The molecule has 0 saturated heterocycles. The molecule has 0 N–H and O–H groups in total. The number of rotatable bonds is 3. The Labute approximate surface area is 186 Å². The molecule has 0 bridgehead atoms. The highest BCUT2D eigenvalue weighted by Crippen LogP contribution is 2.30. The van der Waals surface area contributed by atoms with Crippen LogP contribution in [0.25, 0.3) is 23.1 Å². The number of hydrogen-bond donors (Lipinski definition) is 0. The van der Waals surface area contributed by atoms with Gasteiger partial charge in [-0.1, -0.05) is 66.2 Å². The Morgan fingerprint density at radius 2 is 1.81 bits per heavy atom. The summed E-state index contributed by atoms with van der Waals surface area (Å²) in [6, 6.07) is 25.5. The molecule has 1 aliphatic heterocycles. The van der Waals surface area contributed by atoms with Gasteiger partial charge < -0.3 is 4.74 Å². The lowest BCUT2D eigenvalue weighted by Crippen LogP contribution is -2.09. The van der Waals surface area contributed by atoms with Gasteiger partial charge >= 0.3 is 5.97 Å². The highest BCUT2D eigenvalue weighted by Gasteiger charge is 2.24. The zero-order chi connectivity index (χ0) is 21.2. The molecule has 0 radical (unpaired) electrons. The number of fused-ring (bicyclic) bond motifs is 2. The van der Waals surface area contributed by atoms with Crippen LogP contribution >= 0.6 is 11.6 Å². The van der Waals surface area contributed by atoms with Crippen molar-refractivity contribution in [2.45, 2.75) is 18.9 Å². The van der Waals surface area contributed by atoms with Gasteiger partial charge in [-0.2, -0.15) is 0 Å². The number of aromatic nitrogens is 1. The minimum atomic E-state index is -0.255. The number of ether oxygens (including phenoxy) is 1. The fourth-order valence-electron chi connectivity index (χ4n) is 3.95. The van der Waals surface area contributed by atoms with Gasteiger partial charge in [0.25, 0.3) is 0 Å². The maximum atomic E-state index is 12.6. The standard InChI is InChI=1S/C27H20ClNO2/c28-22-12-9-20-10-14-23(29-25(20)17-22)13-8-18-4-3-6-21(16-18)26-15-11-19-5-1-2-7-24(19)27(30)31-26/h1-10,12-14,16-17,26H,11,15H2/b13-8+. The molecule has 4 heteroatoms. The van der Waals surface area contributed by atoms with E-state index in [0.717, 1.165) is 46.1 Å². The number of carbonyl (C=O) groups excluding carboxylic acids is 1. The molecule has 5 rings (SSSR count). The molecule has 152 valence electrons. The average molecular weight is 426 g/mol. The first-order valence-electron chi connectivity index (χ1n) is 10.3. The SMILES string of the molecule is O=C1OC(c2cccc(/C=C/c3ccc4ccc(Cl)cc4n3)c2)CCc2ccccc21. The van der Waals surface area contributed by atoms with Crippen LogP contribution in [0.15, 0.2) is 78.9 Å². The smallest absolute Gasteiger partial charge is 0.339 e. The van der Waals surface area contributed by atoms with Gasteiger partial charge in [-0.15, -0.1) is 0 Å². The molecule has 1 aromatic heterocycles. The Morgan fingerprint density at radius 3 is 2.74 bits per heavy atom. The number of cyclic esters (lactones) is 1. The third-order valence-corrected chi connectivity index (χ3v) is 5.80. The maximum absolute atomic E-state index is 12.6. The van der Waals surface area contributed by atoms with Crippen LogP contribution < -0.4 is 0 Å². The lowest BCUT2D eigenvalue weighted by molar-refractivity contribution is 0.0298. The highest BCUT2D eigenvalue weighted by molar-refractivity contribution is 6.31. The lowest BCUT2D eigenvalue weighted by Gasteiger charge is -2.16. The summed E-state index contributed by atoms with van der Waals surface area (Å²) in [4.78, 5) is 17.2. The lowest BCUT2D eigenvalue weighted by atomic mass is 9.99. The molecule has 4 aromatic rings. The third-order valence-electron chi connectivity index (χ3n) is 5.57. The van der Waals surface area contributed by atoms with Crippen LogP contribution in [-0.4, -0.2) is 11.0 Å². The molecule has 0 aliphatic carbocycles. The largest absolute Gasteiger partial charge is 0.454 e. The topological polar surface area (TPSA) is 39.2 Å². The van der Waals surface area contributed by atoms with Crippen LogP contribution in [-0.2, 0) is 11.2 Å². The van der Waals surface area contributed by atoms with Crippen molar-refractivity contribution >= 4 is 40.6 Å². The number of halogens is 1. The zero-order valence-electron chi connectivity index (χ0n) is 16.8. The van der Waals surface area contributed by atoms with E-state index in [1.807, 2.05) is 84.9 Å². The molecule has 0 amide bonds. The van der Waals surface area contributed by atoms with E-state index in [4.69, 9.17) is 16.3 Å². The quantitative estimate of drug-likeness (QED) is 0.335. The molecular weight excluding hydrogens is 406 g/mol. The van der Waals surface area contributed by atoms with Crippen molar-refractivity contribution in [3.63, 3.8) is 0 Å². The van der Waals surface area contributed by atoms with Crippen molar-refractivity contribution in [2.75, 3.05) is 0 Å². The third kappa shape index (κ3) is 4.23. The summed E-state index contributed by atoms with van der Waals surface area (Å²) >= 11 is 6.09. The summed E-state index contributed by atoms with van der Waals surface area (Å²) in [7, 11) is 0. The van der Waals surface area contributed by atoms with Gasteiger partial charge in [0.1, 0.15) is 6.10 Å². The summed E-state index contributed by atoms with van der Waals surface area (Å²) in [5.41, 5.74) is 5.48. The van der Waals surface area contributed by atoms with Crippen LogP contribution in [0.4, 0.5) is 0 Å². The van der Waals surface area contributed by atoms with Gasteiger partial charge in [0.05, 0.1) is 16.8 Å². The van der Waals surface area contributed by atoms with E-state index >= 15 is 0 Å². The number of hydrogen-bond acceptors (Lipinski definition) is 3. The predicted molar refractivity (Wildman–Crippen MR) is 125 cm³/mol. The molecule has 1 aliphatic rings. The average Bonchev–Trinajstić information content (AvgIpc) is 2.97. The Hall–Kier alpha value is -3.43. The van der Waals surface area contributed by atoms with Crippen LogP contribution in [0.5, 0.6) is 0 Å². The van der Waals surface area contributed by atoms with E-state index in [-0.39, 0.29) is 12.1 Å². The molecule has 1 unspecified atom stereocenters. The van der Waals surface area contributed by atoms with Crippen LogP contribution in [0.1, 0.15) is 45.3 Å². The van der Waals surface area contributed by atoms with Gasteiger partial charge in [0.15, 0.2) is 0 Å². The number of esters is 1. The van der Waals surface area contributed by atoms with Gasteiger partial charge in [0, 0.05) is 10.4 Å². The van der Waals surface area contributed by atoms with E-state index < -0.39 is 0 Å². The van der Waals surface area contributed by atoms with Crippen molar-refractivity contribution in [3.05, 3.63) is 112 Å². The second-order valence-electron chi connectivity index (χ2n) is 7.67. The van der Waals surface area contributed by atoms with E-state index in [1.54, 1.807) is 0 Å². The summed E-state index contributed by atoms with van der Waals surface area (Å²) in [5, 5.41) is 1.73. The normalized spacial score (nSPS) is 16.2. The zero-order valence-corrected chi connectivity index (χ0v) is 17.5. The minimum Gasteiger partial charge on any atom is -0.454 e. The molecule has 2 heterocycles. The number of nitrogens with zero attached hydrogens (tertiary/aromatic N) is 1. The Bertz CT molecular complexity index is 1310. The molecule has 3 nitrogen and oxygen atoms in total. The maximum Gasteiger partial charge on any atom is 0.339 e. The Morgan fingerprint density at radius 1 is 0.935 bits per heavy atom. The first kappa shape index (κ1) is 19.5. The molecule has 0 spiro atoms. The van der Waals surface area contributed by atoms with E-state index in [0.29, 0.717) is 10.6 Å². The Balaban J connectivity index is 1.37. The van der Waals surface area contributed by atoms with E-state index in [9.17, 15) is 4.79 Å². The second kappa shape index (κ2) is 8.37. The molecule has 1 atom stereocenters. The van der Waals surface area contributed by atoms with Crippen LogP contribution in [0.2, 0.25) is 5.02 Å². The van der Waals surface area contributed by atoms with Gasteiger partial charge in [-0.25, -0.2) is 9.78 Å². The minimum absolute atomic E-state index is 0.252. The van der Waals surface area contributed by atoms with Crippen molar-refractivity contribution in [1.29, 1.82) is 0 Å². The molecule has 0 fully saturated rings. The van der Waals surface area contributed by atoms with E-state index in [1.165, 1.54) is 0 Å². The summed E-state index contributed by atoms with van der Waals surface area (Å²) in [6.45, 7) is 0. The van der Waals surface area contributed by atoms with Crippen molar-refractivity contribution in [3.8, 4) is 0 Å².